The number of carbonyl (C=O) groups excluding carboxylic acids is 1. The summed E-state index contributed by atoms with van der Waals surface area (Å²) in [4.78, 5) is 9.53. The van der Waals surface area contributed by atoms with Crippen molar-refractivity contribution in [1.29, 1.82) is 0 Å². The van der Waals surface area contributed by atoms with Crippen molar-refractivity contribution in [3.63, 3.8) is 0 Å². The van der Waals surface area contributed by atoms with Crippen LogP contribution in [0.3, 0.4) is 0 Å². The summed E-state index contributed by atoms with van der Waals surface area (Å²) in [6.45, 7) is 0. The van der Waals surface area contributed by atoms with Gasteiger partial charge in [0.1, 0.15) is 0 Å². The Balaban J connectivity index is 3.80. The molecule has 0 spiro atoms. The number of hydrogen-bond acceptors (Lipinski definition) is 3. The molecule has 0 aliphatic carbocycles. The molecule has 8 heavy (non-hydrogen) atoms. The molecule has 0 saturated heterocycles. The van der Waals surface area contributed by atoms with Crippen molar-refractivity contribution in [2.45, 2.75) is 0 Å². The van der Waals surface area contributed by atoms with Crippen LogP contribution in [0.25, 0.3) is 0 Å². The lowest BCUT2D eigenvalue weighted by Gasteiger charge is -1.78. The van der Waals surface area contributed by atoms with Gasteiger partial charge in [0.05, 0.1) is 11.2 Å². The highest BCUT2D eigenvalue weighted by molar-refractivity contribution is 8.20. The van der Waals surface area contributed by atoms with Crippen molar-refractivity contribution in [2.75, 3.05) is 0 Å². The molecule has 0 atom stereocenters. The van der Waals surface area contributed by atoms with Crippen molar-refractivity contribution >= 4 is 44.7 Å². The van der Waals surface area contributed by atoms with Gasteiger partial charge in [0.25, 0.3) is 0 Å². The van der Waals surface area contributed by atoms with Crippen LogP contribution in [-0.2, 0) is 4.79 Å². The second kappa shape index (κ2) is 4.12. The zero-order valence-corrected chi connectivity index (χ0v) is 5.73. The minimum atomic E-state index is -1.78. The van der Waals surface area contributed by atoms with E-state index in [2.05, 4.69) is 4.40 Å². The fraction of sp³-hybridized carbons (Fsp3) is 0. The second-order valence-electron chi connectivity index (χ2n) is 0.725. The number of hydrogen-bond donors (Lipinski definition) is 0. The maximum atomic E-state index is 11.3. The molecule has 0 rings (SSSR count). The van der Waals surface area contributed by atoms with E-state index in [1.54, 1.807) is 0 Å². The Bertz CT molecular complexity index is 127. The standard InChI is InChI=1S/C2Cl2FNOS/c3-1(2(5)7)6-8-4. The van der Waals surface area contributed by atoms with Gasteiger partial charge < -0.3 is 0 Å². The predicted octanol–water partition coefficient (Wildman–Crippen LogP) is 1.92. The summed E-state index contributed by atoms with van der Waals surface area (Å²) < 4.78 is 14.3. The van der Waals surface area contributed by atoms with Gasteiger partial charge in [-0.25, -0.2) is 0 Å². The molecule has 0 radical (unpaired) electrons. The molecule has 0 aromatic carbocycles. The predicted molar refractivity (Wildman–Crippen MR) is 32.8 cm³/mol. The number of halogens is 3. The fourth-order valence-electron chi connectivity index (χ4n) is 0.0662. The molecule has 0 heterocycles. The smallest absolute Gasteiger partial charge is 0.252 e. The average Bonchev–Trinajstić information content (AvgIpc) is 1.67. The molecule has 0 unspecified atom stereocenters. The van der Waals surface area contributed by atoms with Crippen molar-refractivity contribution < 1.29 is 9.18 Å². The third kappa shape index (κ3) is 3.23. The Morgan fingerprint density at radius 1 is 1.75 bits per heavy atom. The Labute approximate surface area is 58.7 Å². The van der Waals surface area contributed by atoms with E-state index >= 15 is 0 Å². The third-order valence-electron chi connectivity index (χ3n) is 0.277. The molecular weight excluding hydrogens is 176 g/mol. The highest BCUT2D eigenvalue weighted by Gasteiger charge is 2.03. The van der Waals surface area contributed by atoms with Gasteiger partial charge in [0, 0.05) is 0 Å². The van der Waals surface area contributed by atoms with Crippen molar-refractivity contribution in [2.24, 2.45) is 4.40 Å². The lowest BCUT2D eigenvalue weighted by Crippen LogP contribution is -1.96. The molecule has 0 aliphatic rings. The Kier molecular flexibility index (Phi) is 4.22. The maximum absolute atomic E-state index is 11.3. The summed E-state index contributed by atoms with van der Waals surface area (Å²) in [6, 6.07) is -1.78. The van der Waals surface area contributed by atoms with Crippen LogP contribution >= 0.6 is 33.4 Å². The molecule has 0 amide bonds. The molecule has 0 fully saturated rings. The number of nitrogens with zero attached hydrogens (tertiary/aromatic N) is 1. The topological polar surface area (TPSA) is 29.4 Å². The summed E-state index contributed by atoms with van der Waals surface area (Å²) in [5, 5.41) is -0.745. The molecule has 0 N–H and O–H groups in total. The van der Waals surface area contributed by atoms with Crippen molar-refractivity contribution in [1.82, 2.24) is 0 Å². The molecule has 0 bridgehead atoms. The molecule has 0 aliphatic heterocycles. The molecule has 0 saturated carbocycles. The number of rotatable bonds is 2. The summed E-state index contributed by atoms with van der Waals surface area (Å²) in [5.74, 6) is 0. The number of carbonyl (C=O) groups is 1. The quantitative estimate of drug-likeness (QED) is 0.365. The van der Waals surface area contributed by atoms with E-state index in [1.807, 2.05) is 0 Å². The van der Waals surface area contributed by atoms with Gasteiger partial charge in [-0.1, -0.05) is 11.6 Å². The molecular formula is C2Cl2FNOS. The van der Waals surface area contributed by atoms with Crippen LogP contribution in [0.1, 0.15) is 0 Å². The van der Waals surface area contributed by atoms with Crippen LogP contribution < -0.4 is 0 Å². The van der Waals surface area contributed by atoms with Gasteiger partial charge in [-0.15, -0.1) is 0 Å². The first-order chi connectivity index (χ1) is 3.68. The Morgan fingerprint density at radius 3 is 2.38 bits per heavy atom. The Hall–Kier alpha value is 0.200. The summed E-state index contributed by atoms with van der Waals surface area (Å²) in [5.41, 5.74) is 0. The van der Waals surface area contributed by atoms with Crippen LogP contribution in [-0.4, -0.2) is 11.2 Å². The lowest BCUT2D eigenvalue weighted by atomic mass is 10.8. The van der Waals surface area contributed by atoms with Gasteiger partial charge in [0.15, 0.2) is 0 Å². The summed E-state index contributed by atoms with van der Waals surface area (Å²) in [6.07, 6.45) is 0. The van der Waals surface area contributed by atoms with E-state index in [1.165, 1.54) is 0 Å². The van der Waals surface area contributed by atoms with E-state index in [-0.39, 0.29) is 0 Å². The SMILES string of the molecule is O=C(F)C(Cl)=NSCl. The summed E-state index contributed by atoms with van der Waals surface area (Å²) >= 11 is 5.24. The minimum Gasteiger partial charge on any atom is -0.252 e. The first-order valence-corrected chi connectivity index (χ1v) is 3.37. The zero-order valence-electron chi connectivity index (χ0n) is 3.40. The average molecular weight is 176 g/mol. The van der Waals surface area contributed by atoms with Gasteiger partial charge in [-0.05, 0) is 10.7 Å². The van der Waals surface area contributed by atoms with Gasteiger partial charge in [0.2, 0.25) is 5.17 Å². The normalized spacial score (nSPS) is 11.6. The van der Waals surface area contributed by atoms with Crippen LogP contribution in [0.4, 0.5) is 4.39 Å². The van der Waals surface area contributed by atoms with Crippen LogP contribution in [0.15, 0.2) is 4.40 Å². The molecule has 6 heteroatoms. The summed E-state index contributed by atoms with van der Waals surface area (Å²) in [7, 11) is 4.87. The molecule has 0 aromatic heterocycles. The maximum Gasteiger partial charge on any atom is 0.362 e. The fourth-order valence-corrected chi connectivity index (χ4v) is 0.615. The first-order valence-electron chi connectivity index (χ1n) is 1.39. The van der Waals surface area contributed by atoms with Crippen LogP contribution in [0.2, 0.25) is 0 Å². The van der Waals surface area contributed by atoms with Crippen molar-refractivity contribution in [3.8, 4) is 0 Å². The van der Waals surface area contributed by atoms with Gasteiger partial charge >= 0.3 is 6.04 Å². The largest absolute Gasteiger partial charge is 0.362 e. The van der Waals surface area contributed by atoms with E-state index in [0.717, 1.165) is 0 Å². The highest BCUT2D eigenvalue weighted by atomic mass is 35.7. The van der Waals surface area contributed by atoms with E-state index in [0.29, 0.717) is 11.2 Å². The third-order valence-corrected chi connectivity index (χ3v) is 1.07. The minimum absolute atomic E-state index is 0.405. The van der Waals surface area contributed by atoms with Crippen LogP contribution in [0, 0.1) is 0 Å². The molecule has 0 aromatic rings. The Morgan fingerprint density at radius 2 is 2.25 bits per heavy atom. The lowest BCUT2D eigenvalue weighted by molar-refractivity contribution is -0.121. The van der Waals surface area contributed by atoms with Gasteiger partial charge in [-0.2, -0.15) is 8.79 Å². The molecule has 46 valence electrons. The van der Waals surface area contributed by atoms with Crippen LogP contribution in [0.5, 0.6) is 0 Å². The molecule has 2 nitrogen and oxygen atoms in total. The highest BCUT2D eigenvalue weighted by Crippen LogP contribution is 2.09. The van der Waals surface area contributed by atoms with E-state index in [4.69, 9.17) is 22.3 Å². The first kappa shape index (κ1) is 8.20. The van der Waals surface area contributed by atoms with Gasteiger partial charge in [-0.3, -0.25) is 4.79 Å². The monoisotopic (exact) mass is 175 g/mol. The zero-order chi connectivity index (χ0) is 6.57. The van der Waals surface area contributed by atoms with Crippen molar-refractivity contribution in [3.05, 3.63) is 0 Å². The van der Waals surface area contributed by atoms with E-state index in [9.17, 15) is 9.18 Å². The van der Waals surface area contributed by atoms with E-state index < -0.39 is 11.2 Å². The second-order valence-corrected chi connectivity index (χ2v) is 1.82.